The third-order valence-electron chi connectivity index (χ3n) is 5.26. The van der Waals surface area contributed by atoms with Crippen molar-refractivity contribution in [3.05, 3.63) is 48.0 Å². The van der Waals surface area contributed by atoms with Gasteiger partial charge in [0.25, 0.3) is 10.0 Å². The molecule has 0 saturated heterocycles. The molecular weight excluding hydrogens is 392 g/mol. The normalized spacial score (nSPS) is 16.3. The van der Waals surface area contributed by atoms with E-state index in [9.17, 15) is 18.4 Å². The molecule has 4 rings (SSSR count). The molecule has 0 unspecified atom stereocenters. The van der Waals surface area contributed by atoms with Crippen LogP contribution in [0.3, 0.4) is 0 Å². The first kappa shape index (κ1) is 19.7. The third-order valence-corrected chi connectivity index (χ3v) is 6.80. The molecule has 29 heavy (non-hydrogen) atoms. The van der Waals surface area contributed by atoms with E-state index in [1.807, 2.05) is 6.92 Å². The molecule has 2 aliphatic rings. The molecule has 2 aromatic rings. The fraction of sp³-hybridized carbons (Fsp3) is 0.381. The van der Waals surface area contributed by atoms with Gasteiger partial charge in [0.2, 0.25) is 5.91 Å². The maximum absolute atomic E-state index is 12.9. The number of anilines is 2. The van der Waals surface area contributed by atoms with Crippen LogP contribution in [0.2, 0.25) is 0 Å². The summed E-state index contributed by atoms with van der Waals surface area (Å²) in [5.74, 6) is 0.711. The lowest BCUT2D eigenvalue weighted by atomic mass is 10.0. The molecule has 0 spiro atoms. The molecule has 1 fully saturated rings. The molecular formula is C21H24N2O5S. The second kappa shape index (κ2) is 7.68. The first-order valence-electron chi connectivity index (χ1n) is 9.83. The third kappa shape index (κ3) is 3.82. The van der Waals surface area contributed by atoms with Crippen LogP contribution in [0.4, 0.5) is 11.4 Å². The van der Waals surface area contributed by atoms with Crippen molar-refractivity contribution in [1.82, 2.24) is 0 Å². The van der Waals surface area contributed by atoms with Crippen molar-refractivity contribution in [3.63, 3.8) is 0 Å². The van der Waals surface area contributed by atoms with Crippen LogP contribution in [0.1, 0.15) is 31.7 Å². The van der Waals surface area contributed by atoms with Crippen LogP contribution in [-0.2, 0) is 21.2 Å². The smallest absolute Gasteiger partial charge is 0.286 e. The van der Waals surface area contributed by atoms with Gasteiger partial charge in [-0.25, -0.2) is 0 Å². The van der Waals surface area contributed by atoms with E-state index in [0.717, 1.165) is 31.2 Å². The predicted molar refractivity (Wildman–Crippen MR) is 109 cm³/mol. The van der Waals surface area contributed by atoms with E-state index in [1.54, 1.807) is 35.2 Å². The Labute approximate surface area is 170 Å². The van der Waals surface area contributed by atoms with Gasteiger partial charge in [0.05, 0.1) is 17.2 Å². The highest BCUT2D eigenvalue weighted by atomic mass is 32.2. The van der Waals surface area contributed by atoms with Crippen molar-refractivity contribution in [2.75, 3.05) is 22.5 Å². The number of benzene rings is 2. The molecule has 2 aromatic carbocycles. The lowest BCUT2D eigenvalue weighted by Gasteiger charge is -2.31. The summed E-state index contributed by atoms with van der Waals surface area (Å²) in [6, 6.07) is 10.8. The summed E-state index contributed by atoms with van der Waals surface area (Å²) in [6.07, 6.45) is 3.50. The number of ether oxygens (including phenoxy) is 1. The van der Waals surface area contributed by atoms with Crippen molar-refractivity contribution < 1.29 is 23.2 Å². The molecule has 0 radical (unpaired) electrons. The number of hydrogen-bond donors (Lipinski definition) is 1. The minimum absolute atomic E-state index is 0.0490. The Hall–Kier alpha value is -2.58. The highest BCUT2D eigenvalue weighted by Crippen LogP contribution is 2.38. The molecule has 1 aliphatic heterocycles. The lowest BCUT2D eigenvalue weighted by Crippen LogP contribution is -2.37. The summed E-state index contributed by atoms with van der Waals surface area (Å²) in [7, 11) is -4.16. The van der Waals surface area contributed by atoms with Crippen molar-refractivity contribution in [2.45, 2.75) is 37.5 Å². The molecule has 7 nitrogen and oxygen atoms in total. The van der Waals surface area contributed by atoms with Crippen LogP contribution in [-0.4, -0.2) is 32.7 Å². The fourth-order valence-corrected chi connectivity index (χ4v) is 4.65. The summed E-state index contributed by atoms with van der Waals surface area (Å²) in [5, 5.41) is 10.5. The Morgan fingerprint density at radius 2 is 1.93 bits per heavy atom. The van der Waals surface area contributed by atoms with Crippen molar-refractivity contribution in [2.24, 2.45) is 5.92 Å². The highest BCUT2D eigenvalue weighted by Gasteiger charge is 2.36. The maximum atomic E-state index is 12.9. The summed E-state index contributed by atoms with van der Waals surface area (Å²) >= 11 is 0. The Kier molecular flexibility index (Phi) is 5.23. The quantitative estimate of drug-likeness (QED) is 0.730. The summed E-state index contributed by atoms with van der Waals surface area (Å²) in [4.78, 5) is 14.3. The number of nitrogens with zero attached hydrogens (tertiary/aromatic N) is 2. The van der Waals surface area contributed by atoms with Gasteiger partial charge in [-0.2, -0.15) is 8.42 Å². The zero-order valence-corrected chi connectivity index (χ0v) is 17.1. The fourth-order valence-electron chi connectivity index (χ4n) is 3.57. The molecule has 0 atom stereocenters. The number of amides is 1. The van der Waals surface area contributed by atoms with Gasteiger partial charge < -0.3 is 9.64 Å². The van der Waals surface area contributed by atoms with Crippen LogP contribution < -0.4 is 14.1 Å². The second-order valence-corrected chi connectivity index (χ2v) is 9.10. The molecule has 0 aromatic heterocycles. The standard InChI is InChI=1S/C21H24N2O5S/c1-2-28-18-9-11-19(12-10-18)29(26,27)23(25)17-8-7-15-4-3-13-22(20(15)14-17)21(24)16-5-6-16/h7-12,14,16,25H,2-6,13H2,1H3. The SMILES string of the molecule is CCOc1ccc(S(=O)(=O)N(O)c2ccc3c(c2)N(C(=O)C2CC2)CCC3)cc1. The van der Waals surface area contributed by atoms with Crippen molar-refractivity contribution in [3.8, 4) is 5.75 Å². The average Bonchev–Trinajstić information content (AvgIpc) is 3.58. The predicted octanol–water partition coefficient (Wildman–Crippen LogP) is 3.36. The molecule has 0 bridgehead atoms. The number of carbonyl (C=O) groups is 1. The summed E-state index contributed by atoms with van der Waals surface area (Å²) in [6.45, 7) is 2.93. The lowest BCUT2D eigenvalue weighted by molar-refractivity contribution is -0.119. The van der Waals surface area contributed by atoms with E-state index in [0.29, 0.717) is 24.6 Å². The Balaban J connectivity index is 1.63. The molecule has 1 N–H and O–H groups in total. The molecule has 1 amide bonds. The van der Waals surface area contributed by atoms with E-state index in [-0.39, 0.29) is 26.9 Å². The van der Waals surface area contributed by atoms with Crippen molar-refractivity contribution in [1.29, 1.82) is 0 Å². The number of fused-ring (bicyclic) bond motifs is 1. The molecule has 1 aliphatic carbocycles. The van der Waals surface area contributed by atoms with Crippen LogP contribution in [0.15, 0.2) is 47.4 Å². The van der Waals surface area contributed by atoms with Gasteiger partial charge in [-0.15, -0.1) is 4.47 Å². The highest BCUT2D eigenvalue weighted by molar-refractivity contribution is 7.92. The van der Waals surface area contributed by atoms with E-state index in [4.69, 9.17) is 4.74 Å². The Morgan fingerprint density at radius 3 is 2.59 bits per heavy atom. The van der Waals surface area contributed by atoms with Crippen LogP contribution in [0.5, 0.6) is 5.75 Å². The van der Waals surface area contributed by atoms with Crippen LogP contribution in [0, 0.1) is 5.92 Å². The number of sulfonamides is 1. The van der Waals surface area contributed by atoms with Gasteiger partial charge in [-0.3, -0.25) is 10.0 Å². The van der Waals surface area contributed by atoms with E-state index in [1.165, 1.54) is 12.1 Å². The Bertz CT molecular complexity index is 1020. The monoisotopic (exact) mass is 416 g/mol. The van der Waals surface area contributed by atoms with Crippen LogP contribution in [0.25, 0.3) is 0 Å². The van der Waals surface area contributed by atoms with Gasteiger partial charge in [-0.05, 0) is 74.6 Å². The second-order valence-electron chi connectivity index (χ2n) is 7.33. The van der Waals surface area contributed by atoms with E-state index >= 15 is 0 Å². The number of carbonyl (C=O) groups excluding carboxylic acids is 1. The van der Waals surface area contributed by atoms with Crippen molar-refractivity contribution >= 4 is 27.3 Å². The molecule has 8 heteroatoms. The zero-order valence-electron chi connectivity index (χ0n) is 16.2. The Morgan fingerprint density at radius 1 is 1.21 bits per heavy atom. The number of hydrogen-bond acceptors (Lipinski definition) is 5. The van der Waals surface area contributed by atoms with Crippen LogP contribution >= 0.6 is 0 Å². The number of aryl methyl sites for hydroxylation is 1. The van der Waals surface area contributed by atoms with Gasteiger partial charge in [0.1, 0.15) is 5.75 Å². The van der Waals surface area contributed by atoms with Gasteiger partial charge in [0, 0.05) is 18.2 Å². The van der Waals surface area contributed by atoms with Gasteiger partial charge in [-0.1, -0.05) is 6.07 Å². The molecule has 1 heterocycles. The first-order chi connectivity index (χ1) is 13.9. The molecule has 1 saturated carbocycles. The minimum atomic E-state index is -4.16. The maximum Gasteiger partial charge on any atom is 0.286 e. The first-order valence-corrected chi connectivity index (χ1v) is 11.3. The number of rotatable bonds is 6. The summed E-state index contributed by atoms with van der Waals surface area (Å²) in [5.41, 5.74) is 1.78. The average molecular weight is 416 g/mol. The molecule has 154 valence electrons. The van der Waals surface area contributed by atoms with Gasteiger partial charge in [0.15, 0.2) is 0 Å². The minimum Gasteiger partial charge on any atom is -0.494 e. The largest absolute Gasteiger partial charge is 0.494 e. The van der Waals surface area contributed by atoms with E-state index < -0.39 is 10.0 Å². The van der Waals surface area contributed by atoms with E-state index in [2.05, 4.69) is 0 Å². The topological polar surface area (TPSA) is 87.2 Å². The summed E-state index contributed by atoms with van der Waals surface area (Å²) < 4.78 is 31.3. The zero-order chi connectivity index (χ0) is 20.6. The van der Waals surface area contributed by atoms with Gasteiger partial charge >= 0.3 is 0 Å².